The molecule has 0 heterocycles. The summed E-state index contributed by atoms with van der Waals surface area (Å²) in [7, 11) is 0. The van der Waals surface area contributed by atoms with Crippen molar-refractivity contribution in [3.05, 3.63) is 12.2 Å². The van der Waals surface area contributed by atoms with Gasteiger partial charge in [0.1, 0.15) is 6.04 Å². The van der Waals surface area contributed by atoms with E-state index >= 15 is 0 Å². The van der Waals surface area contributed by atoms with E-state index in [0.29, 0.717) is 12.8 Å². The van der Waals surface area contributed by atoms with Gasteiger partial charge in [-0.1, -0.05) is 25.5 Å². The zero-order chi connectivity index (χ0) is 12.1. The molecule has 0 radical (unpaired) electrons. The third-order valence-corrected chi connectivity index (χ3v) is 2.65. The molecule has 4 N–H and O–H groups in total. The molecule has 1 rings (SSSR count). The molecule has 90 valence electrons. The molecule has 1 aliphatic rings. The van der Waals surface area contributed by atoms with Gasteiger partial charge in [-0.15, -0.1) is 0 Å². The van der Waals surface area contributed by atoms with Crippen molar-refractivity contribution in [2.45, 2.75) is 38.3 Å². The van der Waals surface area contributed by atoms with Gasteiger partial charge in [-0.2, -0.15) is 0 Å². The van der Waals surface area contributed by atoms with Crippen LogP contribution in [0.15, 0.2) is 12.2 Å². The molecular formula is C11H18N2O3. The molecule has 0 aromatic rings. The highest BCUT2D eigenvalue weighted by atomic mass is 16.4. The Balaban J connectivity index is 2.49. The molecule has 0 bridgehead atoms. The Morgan fingerprint density at radius 2 is 2.25 bits per heavy atom. The average molecular weight is 226 g/mol. The summed E-state index contributed by atoms with van der Waals surface area (Å²) >= 11 is 0. The molecule has 5 nitrogen and oxygen atoms in total. The Hall–Kier alpha value is -1.36. The van der Waals surface area contributed by atoms with E-state index in [1.165, 1.54) is 0 Å². The van der Waals surface area contributed by atoms with Crippen LogP contribution in [-0.2, 0) is 9.59 Å². The fourth-order valence-electron chi connectivity index (χ4n) is 1.75. The van der Waals surface area contributed by atoms with Crippen molar-refractivity contribution in [3.8, 4) is 0 Å². The van der Waals surface area contributed by atoms with Crippen LogP contribution in [0.25, 0.3) is 0 Å². The van der Waals surface area contributed by atoms with E-state index in [1.54, 1.807) is 12.2 Å². The molecule has 3 unspecified atom stereocenters. The number of aliphatic carboxylic acids is 1. The number of carbonyl (C=O) groups excluding carboxylic acids is 1. The monoisotopic (exact) mass is 226 g/mol. The summed E-state index contributed by atoms with van der Waals surface area (Å²) in [4.78, 5) is 22.5. The highest BCUT2D eigenvalue weighted by Gasteiger charge is 2.26. The highest BCUT2D eigenvalue weighted by molar-refractivity contribution is 5.86. The predicted octanol–water partition coefficient (Wildman–Crippen LogP) is 0.259. The fourth-order valence-corrected chi connectivity index (χ4v) is 1.75. The van der Waals surface area contributed by atoms with Crippen LogP contribution in [0.1, 0.15) is 26.2 Å². The van der Waals surface area contributed by atoms with E-state index < -0.39 is 12.0 Å². The summed E-state index contributed by atoms with van der Waals surface area (Å²) in [6.07, 6.45) is 5.25. The molecular weight excluding hydrogens is 208 g/mol. The maximum atomic E-state index is 11.7. The lowest BCUT2D eigenvalue weighted by Gasteiger charge is -2.16. The van der Waals surface area contributed by atoms with Gasteiger partial charge < -0.3 is 16.2 Å². The van der Waals surface area contributed by atoms with Gasteiger partial charge in [0.05, 0.1) is 5.92 Å². The summed E-state index contributed by atoms with van der Waals surface area (Å²) in [5, 5.41) is 11.4. The Labute approximate surface area is 94.7 Å². The normalized spacial score (nSPS) is 25.4. The van der Waals surface area contributed by atoms with E-state index in [9.17, 15) is 9.59 Å². The molecule has 3 atom stereocenters. The smallest absolute Gasteiger partial charge is 0.326 e. The average Bonchev–Trinajstić information content (AvgIpc) is 2.64. The largest absolute Gasteiger partial charge is 0.480 e. The number of nitrogens with two attached hydrogens (primary N) is 1. The minimum Gasteiger partial charge on any atom is -0.480 e. The predicted molar refractivity (Wildman–Crippen MR) is 59.7 cm³/mol. The van der Waals surface area contributed by atoms with Crippen LogP contribution >= 0.6 is 0 Å². The third kappa shape index (κ3) is 3.34. The van der Waals surface area contributed by atoms with Crippen molar-refractivity contribution < 1.29 is 14.7 Å². The minimum absolute atomic E-state index is 0.0924. The Morgan fingerprint density at radius 3 is 2.69 bits per heavy atom. The molecule has 0 fully saturated rings. The third-order valence-electron chi connectivity index (χ3n) is 2.65. The van der Waals surface area contributed by atoms with Crippen molar-refractivity contribution in [1.29, 1.82) is 0 Å². The minimum atomic E-state index is -0.985. The lowest BCUT2D eigenvalue weighted by molar-refractivity contribution is -0.142. The second kappa shape index (κ2) is 5.65. The first kappa shape index (κ1) is 12.7. The quantitative estimate of drug-likeness (QED) is 0.586. The zero-order valence-electron chi connectivity index (χ0n) is 9.35. The van der Waals surface area contributed by atoms with Crippen LogP contribution in [0.4, 0.5) is 0 Å². The maximum Gasteiger partial charge on any atom is 0.326 e. The Bertz CT molecular complexity index is 302. The van der Waals surface area contributed by atoms with Gasteiger partial charge in [0.2, 0.25) is 5.91 Å². The number of nitrogens with one attached hydrogen (secondary N) is 1. The second-order valence-electron chi connectivity index (χ2n) is 4.08. The van der Waals surface area contributed by atoms with E-state index in [4.69, 9.17) is 10.8 Å². The SMILES string of the molecule is CCCC(NC(=O)C1C=CC(N)C1)C(=O)O. The summed E-state index contributed by atoms with van der Waals surface area (Å²) < 4.78 is 0. The molecule has 1 amide bonds. The summed E-state index contributed by atoms with van der Waals surface area (Å²) in [5.41, 5.74) is 5.63. The molecule has 0 aliphatic heterocycles. The van der Waals surface area contributed by atoms with Crippen molar-refractivity contribution in [2.24, 2.45) is 11.7 Å². The lowest BCUT2D eigenvalue weighted by Crippen LogP contribution is -2.43. The fraction of sp³-hybridized carbons (Fsp3) is 0.636. The number of hydrogen-bond acceptors (Lipinski definition) is 3. The van der Waals surface area contributed by atoms with Crippen molar-refractivity contribution in [3.63, 3.8) is 0 Å². The Kier molecular flexibility index (Phi) is 4.49. The number of rotatable bonds is 5. The number of amides is 1. The first-order valence-corrected chi connectivity index (χ1v) is 5.51. The van der Waals surface area contributed by atoms with Crippen molar-refractivity contribution in [1.82, 2.24) is 5.32 Å². The lowest BCUT2D eigenvalue weighted by atomic mass is 10.1. The highest BCUT2D eigenvalue weighted by Crippen LogP contribution is 2.16. The first-order chi connectivity index (χ1) is 7.54. The van der Waals surface area contributed by atoms with Crippen molar-refractivity contribution >= 4 is 11.9 Å². The van der Waals surface area contributed by atoms with Gasteiger partial charge in [0.15, 0.2) is 0 Å². The summed E-state index contributed by atoms with van der Waals surface area (Å²) in [5.74, 6) is -1.51. The van der Waals surface area contributed by atoms with E-state index in [1.807, 2.05) is 6.92 Å². The molecule has 0 spiro atoms. The standard InChI is InChI=1S/C11H18N2O3/c1-2-3-9(11(15)16)13-10(14)7-4-5-8(12)6-7/h4-5,7-9H,2-3,6,12H2,1H3,(H,13,14)(H,15,16). The zero-order valence-corrected chi connectivity index (χ0v) is 9.35. The van der Waals surface area contributed by atoms with Gasteiger partial charge in [-0.3, -0.25) is 4.79 Å². The van der Waals surface area contributed by atoms with E-state index in [0.717, 1.165) is 6.42 Å². The number of carboxylic acid groups (broad SMARTS) is 1. The maximum absolute atomic E-state index is 11.7. The van der Waals surface area contributed by atoms with Gasteiger partial charge in [-0.25, -0.2) is 4.79 Å². The Morgan fingerprint density at radius 1 is 1.56 bits per heavy atom. The second-order valence-corrected chi connectivity index (χ2v) is 4.08. The molecule has 0 aromatic carbocycles. The topological polar surface area (TPSA) is 92.4 Å². The number of hydrogen-bond donors (Lipinski definition) is 3. The van der Waals surface area contributed by atoms with Gasteiger partial charge >= 0.3 is 5.97 Å². The summed E-state index contributed by atoms with van der Waals surface area (Å²) in [6.45, 7) is 1.88. The van der Waals surface area contributed by atoms with Crippen LogP contribution in [0.3, 0.4) is 0 Å². The van der Waals surface area contributed by atoms with Crippen LogP contribution in [0.2, 0.25) is 0 Å². The van der Waals surface area contributed by atoms with Crippen LogP contribution < -0.4 is 11.1 Å². The number of carbonyl (C=O) groups is 2. The molecule has 5 heteroatoms. The molecule has 0 saturated carbocycles. The number of carboxylic acids is 1. The van der Waals surface area contributed by atoms with Crippen LogP contribution in [-0.4, -0.2) is 29.1 Å². The first-order valence-electron chi connectivity index (χ1n) is 5.51. The van der Waals surface area contributed by atoms with Gasteiger partial charge in [0, 0.05) is 6.04 Å². The van der Waals surface area contributed by atoms with E-state index in [-0.39, 0.29) is 17.9 Å². The van der Waals surface area contributed by atoms with Crippen LogP contribution in [0, 0.1) is 5.92 Å². The van der Waals surface area contributed by atoms with E-state index in [2.05, 4.69) is 5.32 Å². The molecule has 1 aliphatic carbocycles. The van der Waals surface area contributed by atoms with Crippen LogP contribution in [0.5, 0.6) is 0 Å². The molecule has 16 heavy (non-hydrogen) atoms. The molecule has 0 saturated heterocycles. The van der Waals surface area contributed by atoms with Crippen molar-refractivity contribution in [2.75, 3.05) is 0 Å². The van der Waals surface area contributed by atoms with Gasteiger partial charge in [0.25, 0.3) is 0 Å². The molecule has 0 aromatic heterocycles. The summed E-state index contributed by atoms with van der Waals surface area (Å²) in [6, 6.07) is -0.882. The van der Waals surface area contributed by atoms with Gasteiger partial charge in [-0.05, 0) is 12.8 Å².